The Kier molecular flexibility index (Phi) is 4.00. The summed E-state index contributed by atoms with van der Waals surface area (Å²) in [7, 11) is 0. The third-order valence-corrected chi connectivity index (χ3v) is 4.56. The van der Waals surface area contributed by atoms with Gasteiger partial charge in [0.2, 0.25) is 5.91 Å². The molecule has 2 fully saturated rings. The molecule has 1 unspecified atom stereocenters. The fraction of sp³-hybridized carbons (Fsp3) is 0.933. The average molecular weight is 252 g/mol. The molecule has 18 heavy (non-hydrogen) atoms. The largest absolute Gasteiger partial charge is 0.340 e. The van der Waals surface area contributed by atoms with Gasteiger partial charge in [-0.1, -0.05) is 13.8 Å². The topological polar surface area (TPSA) is 32.3 Å². The maximum atomic E-state index is 12.7. The normalized spacial score (nSPS) is 25.8. The highest BCUT2D eigenvalue weighted by atomic mass is 16.2. The molecule has 1 saturated heterocycles. The Hall–Kier alpha value is -0.570. The van der Waals surface area contributed by atoms with Crippen molar-refractivity contribution in [3.63, 3.8) is 0 Å². The fourth-order valence-electron chi connectivity index (χ4n) is 3.32. The van der Waals surface area contributed by atoms with Gasteiger partial charge in [-0.3, -0.25) is 4.79 Å². The van der Waals surface area contributed by atoms with Crippen LogP contribution in [0.4, 0.5) is 0 Å². The molecule has 1 heterocycles. The molecule has 1 aliphatic carbocycles. The second-order valence-electron chi connectivity index (χ2n) is 6.85. The van der Waals surface area contributed by atoms with Gasteiger partial charge >= 0.3 is 0 Å². The van der Waals surface area contributed by atoms with E-state index in [1.807, 2.05) is 0 Å². The molecule has 1 spiro atoms. The van der Waals surface area contributed by atoms with E-state index < -0.39 is 0 Å². The number of nitrogens with zero attached hydrogens (tertiary/aromatic N) is 1. The molecule has 0 aromatic heterocycles. The first-order chi connectivity index (χ1) is 8.46. The van der Waals surface area contributed by atoms with Crippen LogP contribution < -0.4 is 5.32 Å². The molecular weight excluding hydrogens is 224 g/mol. The molecule has 1 N–H and O–H groups in total. The van der Waals surface area contributed by atoms with Crippen molar-refractivity contribution in [1.29, 1.82) is 0 Å². The lowest BCUT2D eigenvalue weighted by molar-refractivity contribution is -0.136. The summed E-state index contributed by atoms with van der Waals surface area (Å²) < 4.78 is 0. The quantitative estimate of drug-likeness (QED) is 0.832. The van der Waals surface area contributed by atoms with Crippen LogP contribution in [0.3, 0.4) is 0 Å². The van der Waals surface area contributed by atoms with Crippen LogP contribution in [0, 0.1) is 17.3 Å². The predicted octanol–water partition coefficient (Wildman–Crippen LogP) is 2.27. The zero-order chi connectivity index (χ0) is 13.3. The van der Waals surface area contributed by atoms with E-state index in [9.17, 15) is 4.79 Å². The van der Waals surface area contributed by atoms with Gasteiger partial charge in [0.1, 0.15) is 0 Å². The fourth-order valence-corrected chi connectivity index (χ4v) is 3.32. The van der Waals surface area contributed by atoms with Gasteiger partial charge in [-0.25, -0.2) is 0 Å². The van der Waals surface area contributed by atoms with Gasteiger partial charge in [0.25, 0.3) is 0 Å². The van der Waals surface area contributed by atoms with Crippen LogP contribution in [0.15, 0.2) is 0 Å². The molecule has 0 bridgehead atoms. The molecule has 2 rings (SSSR count). The molecule has 1 saturated carbocycles. The number of nitrogens with one attached hydrogen (secondary N) is 1. The third kappa shape index (κ3) is 2.71. The number of carbonyl (C=O) groups excluding carboxylic acids is 1. The smallest absolute Gasteiger partial charge is 0.226 e. The molecule has 1 amide bonds. The van der Waals surface area contributed by atoms with E-state index in [0.717, 1.165) is 26.1 Å². The zero-order valence-electron chi connectivity index (χ0n) is 12.3. The van der Waals surface area contributed by atoms with Crippen LogP contribution in [0.1, 0.15) is 47.0 Å². The monoisotopic (exact) mass is 252 g/mol. The van der Waals surface area contributed by atoms with E-state index in [2.05, 4.69) is 37.9 Å². The van der Waals surface area contributed by atoms with Crippen LogP contribution in [0.5, 0.6) is 0 Å². The second-order valence-corrected chi connectivity index (χ2v) is 6.85. The first-order valence-corrected chi connectivity index (χ1v) is 7.47. The van der Waals surface area contributed by atoms with Crippen molar-refractivity contribution < 1.29 is 4.79 Å². The van der Waals surface area contributed by atoms with Crippen molar-refractivity contribution in [2.75, 3.05) is 19.6 Å². The van der Waals surface area contributed by atoms with E-state index >= 15 is 0 Å². The minimum absolute atomic E-state index is 0.320. The molecule has 0 radical (unpaired) electrons. The Morgan fingerprint density at radius 3 is 2.39 bits per heavy atom. The highest BCUT2D eigenvalue weighted by Crippen LogP contribution is 2.59. The molecule has 1 aliphatic heterocycles. The van der Waals surface area contributed by atoms with Gasteiger partial charge in [-0.15, -0.1) is 0 Å². The van der Waals surface area contributed by atoms with E-state index in [1.54, 1.807) is 0 Å². The molecule has 2 aliphatic rings. The second kappa shape index (κ2) is 5.20. The van der Waals surface area contributed by atoms with Crippen molar-refractivity contribution in [3.05, 3.63) is 0 Å². The molecule has 0 aromatic rings. The van der Waals surface area contributed by atoms with Gasteiger partial charge in [0, 0.05) is 18.5 Å². The number of rotatable bonds is 4. The summed E-state index contributed by atoms with van der Waals surface area (Å²) in [6.07, 6.45) is 3.52. The zero-order valence-corrected chi connectivity index (χ0v) is 12.3. The third-order valence-electron chi connectivity index (χ3n) is 4.56. The van der Waals surface area contributed by atoms with Crippen molar-refractivity contribution in [1.82, 2.24) is 10.2 Å². The average Bonchev–Trinajstić information content (AvgIpc) is 2.99. The van der Waals surface area contributed by atoms with Crippen molar-refractivity contribution in [2.24, 2.45) is 17.3 Å². The highest BCUT2D eigenvalue weighted by Gasteiger charge is 2.58. The van der Waals surface area contributed by atoms with Crippen LogP contribution in [0.25, 0.3) is 0 Å². The minimum Gasteiger partial charge on any atom is -0.340 e. The molecule has 1 atom stereocenters. The maximum absolute atomic E-state index is 12.7. The summed E-state index contributed by atoms with van der Waals surface area (Å²) in [6.45, 7) is 11.7. The van der Waals surface area contributed by atoms with Crippen LogP contribution in [-0.4, -0.2) is 36.5 Å². The number of amides is 1. The van der Waals surface area contributed by atoms with Gasteiger partial charge in [0.15, 0.2) is 0 Å². The summed E-state index contributed by atoms with van der Waals surface area (Å²) in [6, 6.07) is 0.333. The van der Waals surface area contributed by atoms with E-state index in [4.69, 9.17) is 0 Å². The summed E-state index contributed by atoms with van der Waals surface area (Å²) in [5, 5.41) is 3.40. The molecule has 3 heteroatoms. The van der Waals surface area contributed by atoms with Gasteiger partial charge in [0.05, 0.1) is 0 Å². The number of piperidine rings is 1. The molecule has 0 aromatic carbocycles. The number of hydrogen-bond acceptors (Lipinski definition) is 2. The first kappa shape index (κ1) is 13.9. The van der Waals surface area contributed by atoms with E-state index in [0.29, 0.717) is 29.2 Å². The Balaban J connectivity index is 1.98. The Labute approximate surface area is 111 Å². The van der Waals surface area contributed by atoms with Gasteiger partial charge in [-0.2, -0.15) is 0 Å². The molecule has 104 valence electrons. The van der Waals surface area contributed by atoms with Gasteiger partial charge in [-0.05, 0) is 57.5 Å². The standard InChI is InChI=1S/C15H28N2O/c1-11(2)10-17(12(3)4)14(18)13-9-15(13)5-7-16-8-6-15/h11-13,16H,5-10H2,1-4H3. The Bertz CT molecular complexity index is 306. The van der Waals surface area contributed by atoms with Crippen LogP contribution in [0.2, 0.25) is 0 Å². The predicted molar refractivity (Wildman–Crippen MR) is 74.3 cm³/mol. The number of carbonyl (C=O) groups is 1. The minimum atomic E-state index is 0.320. The maximum Gasteiger partial charge on any atom is 0.226 e. The molecule has 3 nitrogen and oxygen atoms in total. The summed E-state index contributed by atoms with van der Waals surface area (Å²) in [5.74, 6) is 1.29. The van der Waals surface area contributed by atoms with E-state index in [1.165, 1.54) is 12.8 Å². The summed E-state index contributed by atoms with van der Waals surface area (Å²) in [5.41, 5.74) is 0.368. The SMILES string of the molecule is CC(C)CN(C(=O)C1CC12CCNCC2)C(C)C. The van der Waals surface area contributed by atoms with Crippen molar-refractivity contribution >= 4 is 5.91 Å². The lowest BCUT2D eigenvalue weighted by atomic mass is 9.91. The number of hydrogen-bond donors (Lipinski definition) is 1. The highest BCUT2D eigenvalue weighted by molar-refractivity contribution is 5.83. The van der Waals surface area contributed by atoms with Crippen LogP contribution >= 0.6 is 0 Å². The van der Waals surface area contributed by atoms with Gasteiger partial charge < -0.3 is 10.2 Å². The molecular formula is C15H28N2O. The van der Waals surface area contributed by atoms with Crippen molar-refractivity contribution in [3.8, 4) is 0 Å². The summed E-state index contributed by atoms with van der Waals surface area (Å²) >= 11 is 0. The van der Waals surface area contributed by atoms with E-state index in [-0.39, 0.29) is 0 Å². The lowest BCUT2D eigenvalue weighted by Crippen LogP contribution is -2.42. The Morgan fingerprint density at radius 2 is 1.89 bits per heavy atom. The van der Waals surface area contributed by atoms with Crippen molar-refractivity contribution in [2.45, 2.75) is 53.0 Å². The lowest BCUT2D eigenvalue weighted by Gasteiger charge is -2.31. The first-order valence-electron chi connectivity index (χ1n) is 7.47. The summed E-state index contributed by atoms with van der Waals surface area (Å²) in [4.78, 5) is 14.8. The Morgan fingerprint density at radius 1 is 1.28 bits per heavy atom. The van der Waals surface area contributed by atoms with Crippen LogP contribution in [-0.2, 0) is 4.79 Å².